The van der Waals surface area contributed by atoms with Gasteiger partial charge in [-0.15, -0.1) is 0 Å². The van der Waals surface area contributed by atoms with E-state index in [1.807, 2.05) is 19.1 Å². The standard InChI is InChI=1S/C16H17F2NO/c1-11(15-7-4-13(17)10-16(15)18)19-9-8-12-2-5-14(20)6-3-12/h2-7,10-11,19-20H,8-9H2,1H3. The fourth-order valence-electron chi connectivity index (χ4n) is 2.06. The fourth-order valence-corrected chi connectivity index (χ4v) is 2.06. The Labute approximate surface area is 117 Å². The van der Waals surface area contributed by atoms with Gasteiger partial charge in [0.1, 0.15) is 17.4 Å². The highest BCUT2D eigenvalue weighted by atomic mass is 19.1. The lowest BCUT2D eigenvalue weighted by Crippen LogP contribution is -2.22. The number of hydrogen-bond acceptors (Lipinski definition) is 2. The van der Waals surface area contributed by atoms with Gasteiger partial charge in [-0.3, -0.25) is 0 Å². The molecule has 2 N–H and O–H groups in total. The molecular formula is C16H17F2NO. The molecule has 0 aromatic heterocycles. The Morgan fingerprint density at radius 1 is 1.10 bits per heavy atom. The lowest BCUT2D eigenvalue weighted by Gasteiger charge is -2.15. The Morgan fingerprint density at radius 3 is 2.45 bits per heavy atom. The number of benzene rings is 2. The van der Waals surface area contributed by atoms with E-state index in [1.165, 1.54) is 12.1 Å². The van der Waals surface area contributed by atoms with Gasteiger partial charge in [0.2, 0.25) is 0 Å². The number of phenolic OH excluding ortho intramolecular Hbond substituents is 1. The van der Waals surface area contributed by atoms with Crippen LogP contribution in [0.2, 0.25) is 0 Å². The normalized spacial score (nSPS) is 12.3. The maximum absolute atomic E-state index is 13.6. The van der Waals surface area contributed by atoms with Gasteiger partial charge in [0, 0.05) is 17.7 Å². The number of hydrogen-bond donors (Lipinski definition) is 2. The largest absolute Gasteiger partial charge is 0.508 e. The van der Waals surface area contributed by atoms with Crippen molar-refractivity contribution in [1.82, 2.24) is 5.32 Å². The molecule has 0 aliphatic rings. The highest BCUT2D eigenvalue weighted by Gasteiger charge is 2.10. The summed E-state index contributed by atoms with van der Waals surface area (Å²) in [6.07, 6.45) is 0.771. The first-order chi connectivity index (χ1) is 9.56. The summed E-state index contributed by atoms with van der Waals surface area (Å²) in [5.74, 6) is -0.861. The van der Waals surface area contributed by atoms with Crippen molar-refractivity contribution < 1.29 is 13.9 Å². The van der Waals surface area contributed by atoms with Crippen molar-refractivity contribution >= 4 is 0 Å². The SMILES string of the molecule is CC(NCCc1ccc(O)cc1)c1ccc(F)cc1F. The molecule has 0 fully saturated rings. The molecule has 4 heteroatoms. The van der Waals surface area contributed by atoms with Crippen molar-refractivity contribution in [2.75, 3.05) is 6.54 Å². The minimum absolute atomic E-state index is 0.187. The molecule has 2 aromatic carbocycles. The molecular weight excluding hydrogens is 260 g/mol. The van der Waals surface area contributed by atoms with Crippen molar-refractivity contribution in [3.63, 3.8) is 0 Å². The Hall–Kier alpha value is -1.94. The van der Waals surface area contributed by atoms with Gasteiger partial charge in [-0.25, -0.2) is 8.78 Å². The Kier molecular flexibility index (Phi) is 4.69. The zero-order valence-electron chi connectivity index (χ0n) is 11.2. The number of aromatic hydroxyl groups is 1. The maximum atomic E-state index is 13.6. The van der Waals surface area contributed by atoms with Crippen LogP contribution in [0, 0.1) is 11.6 Å². The molecule has 2 aromatic rings. The molecule has 0 saturated carbocycles. The Balaban J connectivity index is 1.88. The second-order valence-electron chi connectivity index (χ2n) is 4.76. The van der Waals surface area contributed by atoms with Gasteiger partial charge < -0.3 is 10.4 Å². The van der Waals surface area contributed by atoms with Crippen LogP contribution in [0.4, 0.5) is 8.78 Å². The highest BCUT2D eigenvalue weighted by molar-refractivity contribution is 5.26. The van der Waals surface area contributed by atoms with Crippen LogP contribution < -0.4 is 5.32 Å². The van der Waals surface area contributed by atoms with Crippen molar-refractivity contribution in [3.8, 4) is 5.75 Å². The summed E-state index contributed by atoms with van der Waals surface area (Å²) in [5.41, 5.74) is 1.54. The Morgan fingerprint density at radius 2 is 1.80 bits per heavy atom. The molecule has 0 saturated heterocycles. The van der Waals surface area contributed by atoms with Gasteiger partial charge in [0.25, 0.3) is 0 Å². The molecule has 0 amide bonds. The predicted molar refractivity (Wildman–Crippen MR) is 74.6 cm³/mol. The molecule has 0 bridgehead atoms. The second kappa shape index (κ2) is 6.48. The minimum Gasteiger partial charge on any atom is -0.508 e. The van der Waals surface area contributed by atoms with E-state index in [4.69, 9.17) is 0 Å². The molecule has 2 rings (SSSR count). The third-order valence-electron chi connectivity index (χ3n) is 3.23. The van der Waals surface area contributed by atoms with Gasteiger partial charge in [0.05, 0.1) is 0 Å². The molecule has 1 unspecified atom stereocenters. The Bertz CT molecular complexity index is 569. The molecule has 2 nitrogen and oxygen atoms in total. The number of halogens is 2. The summed E-state index contributed by atoms with van der Waals surface area (Å²) in [6.45, 7) is 2.51. The summed E-state index contributed by atoms with van der Waals surface area (Å²) in [7, 11) is 0. The van der Waals surface area contributed by atoms with E-state index < -0.39 is 11.6 Å². The smallest absolute Gasteiger partial charge is 0.130 e. The van der Waals surface area contributed by atoms with Gasteiger partial charge in [-0.1, -0.05) is 18.2 Å². The van der Waals surface area contributed by atoms with E-state index >= 15 is 0 Å². The topological polar surface area (TPSA) is 32.3 Å². The van der Waals surface area contributed by atoms with E-state index in [1.54, 1.807) is 12.1 Å². The third kappa shape index (κ3) is 3.78. The number of rotatable bonds is 5. The first kappa shape index (κ1) is 14.5. The predicted octanol–water partition coefficient (Wildman–Crippen LogP) is 3.56. The summed E-state index contributed by atoms with van der Waals surface area (Å²) >= 11 is 0. The summed E-state index contributed by atoms with van der Waals surface area (Å²) in [6, 6.07) is 10.4. The summed E-state index contributed by atoms with van der Waals surface area (Å²) < 4.78 is 26.4. The van der Waals surface area contributed by atoms with E-state index in [9.17, 15) is 13.9 Å². The van der Waals surface area contributed by atoms with Crippen LogP contribution in [-0.4, -0.2) is 11.7 Å². The molecule has 0 radical (unpaired) electrons. The van der Waals surface area contributed by atoms with Gasteiger partial charge in [-0.05, 0) is 43.7 Å². The second-order valence-corrected chi connectivity index (χ2v) is 4.76. The summed E-state index contributed by atoms with van der Waals surface area (Å²) in [5, 5.41) is 12.4. The van der Waals surface area contributed by atoms with Crippen molar-refractivity contribution in [2.45, 2.75) is 19.4 Å². The van der Waals surface area contributed by atoms with Gasteiger partial charge >= 0.3 is 0 Å². The zero-order valence-corrected chi connectivity index (χ0v) is 11.2. The molecule has 106 valence electrons. The molecule has 0 aliphatic heterocycles. The van der Waals surface area contributed by atoms with Crippen LogP contribution in [0.25, 0.3) is 0 Å². The zero-order chi connectivity index (χ0) is 14.5. The van der Waals surface area contributed by atoms with Crippen molar-refractivity contribution in [3.05, 3.63) is 65.2 Å². The van der Waals surface area contributed by atoms with E-state index in [-0.39, 0.29) is 11.8 Å². The van der Waals surface area contributed by atoms with Crippen LogP contribution in [0.3, 0.4) is 0 Å². The van der Waals surface area contributed by atoms with Gasteiger partial charge in [0.15, 0.2) is 0 Å². The van der Waals surface area contributed by atoms with E-state index in [0.29, 0.717) is 12.1 Å². The van der Waals surface area contributed by atoms with Crippen LogP contribution in [-0.2, 0) is 6.42 Å². The van der Waals surface area contributed by atoms with E-state index in [2.05, 4.69) is 5.32 Å². The van der Waals surface area contributed by atoms with Crippen molar-refractivity contribution in [1.29, 1.82) is 0 Å². The van der Waals surface area contributed by atoms with Crippen LogP contribution in [0.15, 0.2) is 42.5 Å². The van der Waals surface area contributed by atoms with Crippen LogP contribution in [0.1, 0.15) is 24.1 Å². The molecule has 20 heavy (non-hydrogen) atoms. The number of phenols is 1. The average molecular weight is 277 g/mol. The molecule has 0 heterocycles. The van der Waals surface area contributed by atoms with Crippen LogP contribution >= 0.6 is 0 Å². The molecule has 1 atom stereocenters. The minimum atomic E-state index is -0.567. The first-order valence-electron chi connectivity index (χ1n) is 6.52. The molecule has 0 spiro atoms. The average Bonchev–Trinajstić information content (AvgIpc) is 2.41. The van der Waals surface area contributed by atoms with Gasteiger partial charge in [-0.2, -0.15) is 0 Å². The lowest BCUT2D eigenvalue weighted by molar-refractivity contribution is 0.475. The first-order valence-corrected chi connectivity index (χ1v) is 6.52. The quantitative estimate of drug-likeness (QED) is 0.875. The third-order valence-corrected chi connectivity index (χ3v) is 3.23. The fraction of sp³-hybridized carbons (Fsp3) is 0.250. The summed E-state index contributed by atoms with van der Waals surface area (Å²) in [4.78, 5) is 0. The van der Waals surface area contributed by atoms with Crippen molar-refractivity contribution in [2.24, 2.45) is 0 Å². The monoisotopic (exact) mass is 277 g/mol. The maximum Gasteiger partial charge on any atom is 0.130 e. The molecule has 0 aliphatic carbocycles. The van der Waals surface area contributed by atoms with Crippen LogP contribution in [0.5, 0.6) is 5.75 Å². The number of nitrogens with one attached hydrogen (secondary N) is 1. The lowest BCUT2D eigenvalue weighted by atomic mass is 10.1. The highest BCUT2D eigenvalue weighted by Crippen LogP contribution is 2.17. The van der Waals surface area contributed by atoms with E-state index in [0.717, 1.165) is 18.1 Å².